The van der Waals surface area contributed by atoms with E-state index in [4.69, 9.17) is 14.8 Å². The van der Waals surface area contributed by atoms with Gasteiger partial charge < -0.3 is 14.8 Å². The number of morpholine rings is 1. The molecule has 1 amide bonds. The predicted octanol–water partition coefficient (Wildman–Crippen LogP) is -1.88. The molecule has 2 N–H and O–H groups in total. The van der Waals surface area contributed by atoms with E-state index in [2.05, 4.69) is 4.98 Å². The monoisotopic (exact) mass is 222 g/mol. The van der Waals surface area contributed by atoms with Crippen LogP contribution in [0.25, 0.3) is 0 Å². The van der Waals surface area contributed by atoms with Crippen molar-refractivity contribution in [2.45, 2.75) is 0 Å². The third-order valence-corrected chi connectivity index (χ3v) is 2.28. The number of ether oxygens (including phenoxy) is 1. The molecule has 0 unspecified atom stereocenters. The number of aromatic nitrogens is 1. The molecule has 1 aliphatic rings. The maximum Gasteiger partial charge on any atom is 0.508 e. The van der Waals surface area contributed by atoms with Crippen LogP contribution in [0.15, 0.2) is 18.2 Å². The fourth-order valence-electron chi connectivity index (χ4n) is 1.49. The Morgan fingerprint density at radius 1 is 1.44 bits per heavy atom. The van der Waals surface area contributed by atoms with Crippen LogP contribution >= 0.6 is 0 Å². The van der Waals surface area contributed by atoms with Crippen LogP contribution in [-0.2, 0) is 9.53 Å². The fraction of sp³-hybridized carbons (Fsp3) is 0.333. The van der Waals surface area contributed by atoms with Crippen molar-refractivity contribution < 1.29 is 19.6 Å². The molecule has 16 heavy (non-hydrogen) atoms. The van der Waals surface area contributed by atoms with E-state index < -0.39 is 7.12 Å². The van der Waals surface area contributed by atoms with Crippen molar-refractivity contribution in [2.24, 2.45) is 0 Å². The number of pyridine rings is 1. The van der Waals surface area contributed by atoms with Crippen LogP contribution in [-0.4, -0.2) is 47.8 Å². The number of carbonyl (C=O) groups is 1. The van der Waals surface area contributed by atoms with Gasteiger partial charge in [0.05, 0.1) is 18.7 Å². The summed E-state index contributed by atoms with van der Waals surface area (Å²) in [5.41, 5.74) is 0.122. The molecule has 0 aromatic carbocycles. The smallest absolute Gasteiger partial charge is 0.422 e. The third kappa shape index (κ3) is 2.21. The summed E-state index contributed by atoms with van der Waals surface area (Å²) in [5, 5.41) is 18.0. The molecule has 0 saturated carbocycles. The van der Waals surface area contributed by atoms with Gasteiger partial charge in [0.2, 0.25) is 0 Å². The summed E-state index contributed by atoms with van der Waals surface area (Å²) in [6.45, 7) is 0.920. The maximum atomic E-state index is 11.5. The minimum absolute atomic E-state index is 0.0353. The Hall–Kier alpha value is -1.44. The van der Waals surface area contributed by atoms with E-state index in [9.17, 15) is 4.79 Å². The van der Waals surface area contributed by atoms with Gasteiger partial charge in [-0.05, 0) is 12.1 Å². The highest BCUT2D eigenvalue weighted by molar-refractivity contribution is 6.57. The molecule has 1 aliphatic heterocycles. The van der Waals surface area contributed by atoms with Crippen molar-refractivity contribution in [2.75, 3.05) is 24.7 Å². The molecule has 0 bridgehead atoms. The molecule has 2 rings (SSSR count). The molecule has 0 radical (unpaired) electrons. The number of hydrogen-bond donors (Lipinski definition) is 2. The number of nitrogens with zero attached hydrogens (tertiary/aromatic N) is 2. The SMILES string of the molecule is O=C1COCCN1c1cccc(B(O)O)n1. The maximum absolute atomic E-state index is 11.5. The highest BCUT2D eigenvalue weighted by Crippen LogP contribution is 2.11. The average molecular weight is 222 g/mol. The van der Waals surface area contributed by atoms with Gasteiger partial charge in [-0.3, -0.25) is 9.69 Å². The zero-order valence-electron chi connectivity index (χ0n) is 8.54. The minimum Gasteiger partial charge on any atom is -0.422 e. The lowest BCUT2D eigenvalue weighted by molar-refractivity contribution is -0.125. The van der Waals surface area contributed by atoms with E-state index in [1.165, 1.54) is 11.0 Å². The molecule has 7 heteroatoms. The third-order valence-electron chi connectivity index (χ3n) is 2.28. The van der Waals surface area contributed by atoms with Gasteiger partial charge in [0, 0.05) is 0 Å². The van der Waals surface area contributed by atoms with Crippen LogP contribution in [0.1, 0.15) is 0 Å². The largest absolute Gasteiger partial charge is 0.508 e. The van der Waals surface area contributed by atoms with Crippen LogP contribution in [0.5, 0.6) is 0 Å². The van der Waals surface area contributed by atoms with Gasteiger partial charge in [-0.25, -0.2) is 4.98 Å². The summed E-state index contributed by atoms with van der Waals surface area (Å²) in [6, 6.07) is 4.76. The summed E-state index contributed by atoms with van der Waals surface area (Å²) in [7, 11) is -1.63. The van der Waals surface area contributed by atoms with Crippen molar-refractivity contribution in [1.82, 2.24) is 4.98 Å². The van der Waals surface area contributed by atoms with Crippen LogP contribution in [0.2, 0.25) is 0 Å². The molecule has 0 spiro atoms. The average Bonchev–Trinajstić information content (AvgIpc) is 2.30. The van der Waals surface area contributed by atoms with E-state index in [0.717, 1.165) is 0 Å². The molecule has 2 heterocycles. The van der Waals surface area contributed by atoms with Gasteiger partial charge >= 0.3 is 7.12 Å². The van der Waals surface area contributed by atoms with E-state index in [1.54, 1.807) is 12.1 Å². The first-order valence-corrected chi connectivity index (χ1v) is 4.89. The highest BCUT2D eigenvalue weighted by atomic mass is 16.5. The molecular formula is C9H11BN2O4. The summed E-state index contributed by atoms with van der Waals surface area (Å²) in [6.07, 6.45) is 0. The summed E-state index contributed by atoms with van der Waals surface area (Å²) < 4.78 is 4.99. The quantitative estimate of drug-likeness (QED) is 0.572. The molecule has 1 aromatic heterocycles. The second-order valence-electron chi connectivity index (χ2n) is 3.39. The van der Waals surface area contributed by atoms with Gasteiger partial charge in [-0.1, -0.05) is 6.07 Å². The summed E-state index contributed by atoms with van der Waals surface area (Å²) in [5.74, 6) is 0.238. The van der Waals surface area contributed by atoms with Gasteiger partial charge in [-0.2, -0.15) is 0 Å². The van der Waals surface area contributed by atoms with Crippen molar-refractivity contribution >= 4 is 24.4 Å². The van der Waals surface area contributed by atoms with Crippen molar-refractivity contribution in [1.29, 1.82) is 0 Å². The van der Waals surface area contributed by atoms with Gasteiger partial charge in [0.25, 0.3) is 5.91 Å². The molecule has 0 atom stereocenters. The first-order valence-electron chi connectivity index (χ1n) is 4.89. The lowest BCUT2D eigenvalue weighted by Crippen LogP contribution is -2.43. The minimum atomic E-state index is -1.63. The highest BCUT2D eigenvalue weighted by Gasteiger charge is 2.22. The number of carbonyl (C=O) groups excluding carboxylic acids is 1. The summed E-state index contributed by atoms with van der Waals surface area (Å²) in [4.78, 5) is 17.0. The van der Waals surface area contributed by atoms with Crippen molar-refractivity contribution in [3.63, 3.8) is 0 Å². The normalized spacial score (nSPS) is 16.4. The Morgan fingerprint density at radius 3 is 2.94 bits per heavy atom. The predicted molar refractivity (Wildman–Crippen MR) is 57.2 cm³/mol. The molecular weight excluding hydrogens is 211 g/mol. The van der Waals surface area contributed by atoms with Crippen molar-refractivity contribution in [3.05, 3.63) is 18.2 Å². The standard InChI is InChI=1S/C9H11BN2O4/c13-9-6-16-5-4-12(9)8-3-1-2-7(11-8)10(14)15/h1-3,14-15H,4-6H2. The number of hydrogen-bond acceptors (Lipinski definition) is 5. The Labute approximate surface area is 92.6 Å². The molecule has 1 saturated heterocycles. The van der Waals surface area contributed by atoms with Gasteiger partial charge in [0.1, 0.15) is 12.4 Å². The molecule has 0 aliphatic carbocycles. The van der Waals surface area contributed by atoms with Crippen LogP contribution in [0.4, 0.5) is 5.82 Å². The van der Waals surface area contributed by atoms with E-state index in [-0.39, 0.29) is 18.1 Å². The number of amides is 1. The lowest BCUT2D eigenvalue weighted by Gasteiger charge is -2.26. The Bertz CT molecular complexity index is 399. The van der Waals surface area contributed by atoms with Crippen LogP contribution < -0.4 is 10.5 Å². The topological polar surface area (TPSA) is 82.9 Å². The first kappa shape index (κ1) is 11.1. The lowest BCUT2D eigenvalue weighted by atomic mass is 9.86. The number of rotatable bonds is 2. The summed E-state index contributed by atoms with van der Waals surface area (Å²) >= 11 is 0. The molecule has 6 nitrogen and oxygen atoms in total. The van der Waals surface area contributed by atoms with E-state index >= 15 is 0 Å². The molecule has 1 fully saturated rings. The Kier molecular flexibility index (Phi) is 3.18. The first-order chi connectivity index (χ1) is 7.68. The van der Waals surface area contributed by atoms with Crippen LogP contribution in [0.3, 0.4) is 0 Å². The fourth-order valence-corrected chi connectivity index (χ4v) is 1.49. The zero-order chi connectivity index (χ0) is 11.5. The van der Waals surface area contributed by atoms with Crippen LogP contribution in [0, 0.1) is 0 Å². The van der Waals surface area contributed by atoms with Gasteiger partial charge in [-0.15, -0.1) is 0 Å². The number of anilines is 1. The van der Waals surface area contributed by atoms with E-state index in [0.29, 0.717) is 19.0 Å². The van der Waals surface area contributed by atoms with E-state index in [1.807, 2.05) is 0 Å². The molecule has 1 aromatic rings. The Balaban J connectivity index is 2.25. The van der Waals surface area contributed by atoms with Gasteiger partial charge in [0.15, 0.2) is 0 Å². The zero-order valence-corrected chi connectivity index (χ0v) is 8.54. The second kappa shape index (κ2) is 4.61. The van der Waals surface area contributed by atoms with Crippen molar-refractivity contribution in [3.8, 4) is 0 Å². The Morgan fingerprint density at radius 2 is 2.25 bits per heavy atom. The second-order valence-corrected chi connectivity index (χ2v) is 3.39. The molecule has 84 valence electrons.